The SMILES string of the molecule is Cc1ccnc(-n2nc(-c3ccccc3)c(C=O)c2Cl)c1. The van der Waals surface area contributed by atoms with Gasteiger partial charge in [-0.1, -0.05) is 41.9 Å². The predicted molar refractivity (Wildman–Crippen MR) is 81.9 cm³/mol. The van der Waals surface area contributed by atoms with Crippen LogP contribution in [0.2, 0.25) is 5.15 Å². The van der Waals surface area contributed by atoms with Gasteiger partial charge in [-0.25, -0.2) is 9.67 Å². The summed E-state index contributed by atoms with van der Waals surface area (Å²) in [6, 6.07) is 13.2. The van der Waals surface area contributed by atoms with Gasteiger partial charge in [-0.15, -0.1) is 0 Å². The molecule has 0 saturated carbocycles. The highest BCUT2D eigenvalue weighted by atomic mass is 35.5. The summed E-state index contributed by atoms with van der Waals surface area (Å²) < 4.78 is 1.49. The number of aromatic nitrogens is 3. The highest BCUT2D eigenvalue weighted by molar-refractivity contribution is 6.32. The summed E-state index contributed by atoms with van der Waals surface area (Å²) in [6.07, 6.45) is 2.41. The number of hydrogen-bond donors (Lipinski definition) is 0. The molecule has 2 heterocycles. The van der Waals surface area contributed by atoms with Gasteiger partial charge in [-0.05, 0) is 24.6 Å². The van der Waals surface area contributed by atoms with Gasteiger partial charge in [0, 0.05) is 11.8 Å². The second-order valence-corrected chi connectivity index (χ2v) is 5.00. The molecule has 0 bridgehead atoms. The number of nitrogens with zero attached hydrogens (tertiary/aromatic N) is 3. The molecule has 104 valence electrons. The van der Waals surface area contributed by atoms with Gasteiger partial charge in [0.25, 0.3) is 0 Å². The zero-order valence-corrected chi connectivity index (χ0v) is 12.1. The topological polar surface area (TPSA) is 47.8 Å². The third kappa shape index (κ3) is 2.45. The second-order valence-electron chi connectivity index (χ2n) is 4.64. The fourth-order valence-electron chi connectivity index (χ4n) is 2.11. The lowest BCUT2D eigenvalue weighted by molar-refractivity contribution is 0.112. The summed E-state index contributed by atoms with van der Waals surface area (Å²) in [7, 11) is 0. The lowest BCUT2D eigenvalue weighted by Crippen LogP contribution is -2.00. The maximum Gasteiger partial charge on any atom is 0.155 e. The molecule has 0 amide bonds. The summed E-state index contributed by atoms with van der Waals surface area (Å²) in [5.74, 6) is 0.588. The molecule has 5 heteroatoms. The molecule has 3 rings (SSSR count). The zero-order valence-electron chi connectivity index (χ0n) is 11.3. The van der Waals surface area contributed by atoms with Crippen molar-refractivity contribution in [3.8, 4) is 17.1 Å². The van der Waals surface area contributed by atoms with Crippen molar-refractivity contribution in [3.05, 3.63) is 64.9 Å². The normalized spacial score (nSPS) is 10.6. The van der Waals surface area contributed by atoms with Crippen LogP contribution in [-0.4, -0.2) is 21.1 Å². The Balaban J connectivity index is 2.21. The molecule has 0 aliphatic rings. The Hall–Kier alpha value is -2.46. The first-order valence-electron chi connectivity index (χ1n) is 6.43. The molecule has 0 aliphatic carbocycles. The van der Waals surface area contributed by atoms with Crippen molar-refractivity contribution in [3.63, 3.8) is 0 Å². The number of rotatable bonds is 3. The maximum absolute atomic E-state index is 11.4. The smallest absolute Gasteiger partial charge is 0.155 e. The van der Waals surface area contributed by atoms with Crippen LogP contribution in [0, 0.1) is 6.92 Å². The van der Waals surface area contributed by atoms with Crippen LogP contribution < -0.4 is 0 Å². The fraction of sp³-hybridized carbons (Fsp3) is 0.0625. The molecule has 0 atom stereocenters. The van der Waals surface area contributed by atoms with Gasteiger partial charge in [-0.3, -0.25) is 4.79 Å². The molecular weight excluding hydrogens is 286 g/mol. The molecule has 1 aromatic carbocycles. The van der Waals surface area contributed by atoms with E-state index in [1.54, 1.807) is 6.20 Å². The van der Waals surface area contributed by atoms with E-state index in [0.717, 1.165) is 17.4 Å². The first-order valence-corrected chi connectivity index (χ1v) is 6.80. The lowest BCUT2D eigenvalue weighted by atomic mass is 10.1. The van der Waals surface area contributed by atoms with Crippen molar-refractivity contribution < 1.29 is 4.79 Å². The van der Waals surface area contributed by atoms with Crippen molar-refractivity contribution in [2.45, 2.75) is 6.92 Å². The average Bonchev–Trinajstić information content (AvgIpc) is 2.85. The molecule has 0 fully saturated rings. The van der Waals surface area contributed by atoms with Crippen molar-refractivity contribution in [1.82, 2.24) is 14.8 Å². The third-order valence-electron chi connectivity index (χ3n) is 3.15. The number of aryl methyl sites for hydroxylation is 1. The summed E-state index contributed by atoms with van der Waals surface area (Å²) in [5, 5.41) is 4.72. The Morgan fingerprint density at radius 1 is 1.19 bits per heavy atom. The van der Waals surface area contributed by atoms with E-state index in [-0.39, 0.29) is 5.15 Å². The lowest BCUT2D eigenvalue weighted by Gasteiger charge is -2.02. The Kier molecular flexibility index (Phi) is 3.54. The van der Waals surface area contributed by atoms with Crippen LogP contribution in [0.1, 0.15) is 15.9 Å². The standard InChI is InChI=1S/C16H12ClN3O/c1-11-7-8-18-14(9-11)20-16(17)13(10-21)15(19-20)12-5-3-2-4-6-12/h2-10H,1H3. The largest absolute Gasteiger partial charge is 0.298 e. The molecule has 0 radical (unpaired) electrons. The summed E-state index contributed by atoms with van der Waals surface area (Å²) in [5.41, 5.74) is 2.80. The van der Waals surface area contributed by atoms with E-state index in [1.807, 2.05) is 49.4 Å². The van der Waals surface area contributed by atoms with Crippen molar-refractivity contribution >= 4 is 17.9 Å². The average molecular weight is 298 g/mol. The Morgan fingerprint density at radius 2 is 1.95 bits per heavy atom. The minimum Gasteiger partial charge on any atom is -0.298 e. The number of benzene rings is 1. The monoisotopic (exact) mass is 297 g/mol. The zero-order chi connectivity index (χ0) is 14.8. The van der Waals surface area contributed by atoms with E-state index in [2.05, 4.69) is 10.1 Å². The number of aldehydes is 1. The molecule has 0 saturated heterocycles. The van der Waals surface area contributed by atoms with Gasteiger partial charge in [0.2, 0.25) is 0 Å². The molecule has 0 spiro atoms. The molecule has 4 nitrogen and oxygen atoms in total. The first-order chi connectivity index (χ1) is 10.2. The molecule has 0 N–H and O–H groups in total. The van der Waals surface area contributed by atoms with E-state index < -0.39 is 0 Å². The van der Waals surface area contributed by atoms with Crippen molar-refractivity contribution in [2.75, 3.05) is 0 Å². The molecule has 3 aromatic rings. The Labute approximate surface area is 127 Å². The quantitative estimate of drug-likeness (QED) is 0.692. The first kappa shape index (κ1) is 13.5. The minimum absolute atomic E-state index is 0.266. The highest BCUT2D eigenvalue weighted by Gasteiger charge is 2.18. The van der Waals surface area contributed by atoms with Crippen LogP contribution in [0.15, 0.2) is 48.7 Å². The number of hydrogen-bond acceptors (Lipinski definition) is 3. The number of carbonyl (C=O) groups is 1. The highest BCUT2D eigenvalue weighted by Crippen LogP contribution is 2.29. The third-order valence-corrected chi connectivity index (χ3v) is 3.51. The predicted octanol–water partition coefficient (Wildman–Crippen LogP) is 3.71. The number of carbonyl (C=O) groups excluding carboxylic acids is 1. The van der Waals surface area contributed by atoms with E-state index in [4.69, 9.17) is 11.6 Å². The Morgan fingerprint density at radius 3 is 2.62 bits per heavy atom. The van der Waals surface area contributed by atoms with Gasteiger partial charge in [0.15, 0.2) is 12.1 Å². The summed E-state index contributed by atoms with van der Waals surface area (Å²) >= 11 is 6.30. The van der Waals surface area contributed by atoms with Crippen LogP contribution >= 0.6 is 11.6 Å². The second kappa shape index (κ2) is 5.50. The molecule has 2 aromatic heterocycles. The minimum atomic E-state index is 0.266. The van der Waals surface area contributed by atoms with Gasteiger partial charge in [-0.2, -0.15) is 5.10 Å². The summed E-state index contributed by atoms with van der Waals surface area (Å²) in [6.45, 7) is 1.96. The number of halogens is 1. The Bertz CT molecular complexity index is 797. The molecule has 21 heavy (non-hydrogen) atoms. The number of pyridine rings is 1. The van der Waals surface area contributed by atoms with Gasteiger partial charge in [0.05, 0.1) is 5.56 Å². The van der Waals surface area contributed by atoms with Crippen molar-refractivity contribution in [1.29, 1.82) is 0 Å². The molecule has 0 aliphatic heterocycles. The van der Waals surface area contributed by atoms with E-state index >= 15 is 0 Å². The fourth-order valence-corrected chi connectivity index (χ4v) is 2.37. The van der Waals surface area contributed by atoms with Crippen LogP contribution in [0.4, 0.5) is 0 Å². The summed E-state index contributed by atoms with van der Waals surface area (Å²) in [4.78, 5) is 15.6. The van der Waals surface area contributed by atoms with E-state index in [0.29, 0.717) is 17.1 Å². The van der Waals surface area contributed by atoms with Crippen LogP contribution in [0.5, 0.6) is 0 Å². The van der Waals surface area contributed by atoms with Gasteiger partial charge in [0.1, 0.15) is 10.8 Å². The van der Waals surface area contributed by atoms with Crippen LogP contribution in [-0.2, 0) is 0 Å². The van der Waals surface area contributed by atoms with Crippen LogP contribution in [0.25, 0.3) is 17.1 Å². The van der Waals surface area contributed by atoms with E-state index in [1.165, 1.54) is 4.68 Å². The van der Waals surface area contributed by atoms with Crippen LogP contribution in [0.3, 0.4) is 0 Å². The molecule has 0 unspecified atom stereocenters. The van der Waals surface area contributed by atoms with Crippen molar-refractivity contribution in [2.24, 2.45) is 0 Å². The van der Waals surface area contributed by atoms with E-state index in [9.17, 15) is 4.79 Å². The maximum atomic E-state index is 11.4. The van der Waals surface area contributed by atoms with Gasteiger partial charge >= 0.3 is 0 Å². The molecular formula is C16H12ClN3O. The van der Waals surface area contributed by atoms with Gasteiger partial charge < -0.3 is 0 Å².